The normalized spacial score (nSPS) is 45.6. The molecule has 96 valence electrons. The molecule has 1 aliphatic heterocycles. The van der Waals surface area contributed by atoms with Gasteiger partial charge in [-0.25, -0.2) is 0 Å². The first-order valence-corrected chi connectivity index (χ1v) is 5.69. The van der Waals surface area contributed by atoms with Crippen molar-refractivity contribution < 1.29 is 38.1 Å². The summed E-state index contributed by atoms with van der Waals surface area (Å²) in [6, 6.07) is -1.97. The Kier molecular flexibility index (Phi) is 3.57. The van der Waals surface area contributed by atoms with Crippen molar-refractivity contribution >= 4 is 10.1 Å². The third kappa shape index (κ3) is 1.94. The summed E-state index contributed by atoms with van der Waals surface area (Å²) in [4.78, 5) is 0. The number of hydrogen-bond acceptors (Lipinski definition) is 8. The average molecular weight is 259 g/mol. The molecule has 1 aliphatic rings. The van der Waals surface area contributed by atoms with Gasteiger partial charge in [0.15, 0.2) is 0 Å². The summed E-state index contributed by atoms with van der Waals surface area (Å²) in [5.41, 5.74) is 5.14. The highest BCUT2D eigenvalue weighted by Gasteiger charge is 2.59. The predicted octanol–water partition coefficient (Wildman–Crippen LogP) is -4.04. The first kappa shape index (κ1) is 13.7. The molecule has 1 fully saturated rings. The molecular weight excluding hydrogens is 246 g/mol. The topological polar surface area (TPSA) is 171 Å². The fourth-order valence-electron chi connectivity index (χ4n) is 1.39. The van der Waals surface area contributed by atoms with Crippen molar-refractivity contribution in [1.29, 1.82) is 0 Å². The zero-order chi connectivity index (χ0) is 12.7. The average Bonchev–Trinajstić information content (AvgIpc) is 2.19. The van der Waals surface area contributed by atoms with Gasteiger partial charge in [-0.05, 0) is 0 Å². The summed E-state index contributed by atoms with van der Waals surface area (Å²) in [6.45, 7) is -0.872. The van der Waals surface area contributed by atoms with Gasteiger partial charge in [-0.15, -0.1) is 0 Å². The van der Waals surface area contributed by atoms with Crippen LogP contribution in [0.4, 0.5) is 0 Å². The molecule has 10 heteroatoms. The quantitative estimate of drug-likeness (QED) is 0.270. The molecule has 9 nitrogen and oxygen atoms in total. The van der Waals surface area contributed by atoms with E-state index in [-0.39, 0.29) is 0 Å². The maximum absolute atomic E-state index is 10.9. The fraction of sp³-hybridized carbons (Fsp3) is 1.00. The molecule has 1 heterocycles. The Balaban J connectivity index is 3.14. The second-order valence-corrected chi connectivity index (χ2v) is 4.99. The van der Waals surface area contributed by atoms with E-state index in [4.69, 9.17) is 15.4 Å². The third-order valence-corrected chi connectivity index (χ3v) is 3.50. The minimum absolute atomic E-state index is 0.872. The van der Waals surface area contributed by atoms with Crippen LogP contribution >= 0.6 is 0 Å². The first-order valence-electron chi connectivity index (χ1n) is 4.25. The van der Waals surface area contributed by atoms with Crippen LogP contribution in [0.5, 0.6) is 0 Å². The Morgan fingerprint density at radius 2 is 1.81 bits per heavy atom. The highest BCUT2D eigenvalue weighted by molar-refractivity contribution is 7.86. The van der Waals surface area contributed by atoms with Gasteiger partial charge >= 0.3 is 15.2 Å². The van der Waals surface area contributed by atoms with Gasteiger partial charge in [0.2, 0.25) is 0 Å². The van der Waals surface area contributed by atoms with E-state index in [0.29, 0.717) is 0 Å². The molecule has 0 aromatic rings. The van der Waals surface area contributed by atoms with Gasteiger partial charge in [0.25, 0.3) is 0 Å². The van der Waals surface area contributed by atoms with E-state index < -0.39 is 46.2 Å². The van der Waals surface area contributed by atoms with E-state index >= 15 is 0 Å². The zero-order valence-corrected chi connectivity index (χ0v) is 8.78. The maximum atomic E-state index is 10.9. The van der Waals surface area contributed by atoms with Crippen LogP contribution in [0.1, 0.15) is 0 Å². The van der Waals surface area contributed by atoms with Crippen LogP contribution in [0.15, 0.2) is 0 Å². The molecule has 0 aromatic carbocycles. The summed E-state index contributed by atoms with van der Waals surface area (Å²) < 4.78 is 34.9. The number of aliphatic hydroxyl groups is 4. The van der Waals surface area contributed by atoms with Crippen LogP contribution in [0.2, 0.25) is 0 Å². The van der Waals surface area contributed by atoms with Gasteiger partial charge in [-0.3, -0.25) is 4.55 Å². The minimum atomic E-state index is -5.15. The second-order valence-electron chi connectivity index (χ2n) is 3.45. The fourth-order valence-corrected chi connectivity index (χ4v) is 2.12. The lowest BCUT2D eigenvalue weighted by Crippen LogP contribution is -2.70. The summed E-state index contributed by atoms with van der Waals surface area (Å²) in [7, 11) is -5.15. The Hall–Kier alpha value is -0.330. The standard InChI is InChI=1S/C6H13NO8S/c7-5-4(10)3(9)2(1-8)15-6(5,11)16(12,13)14/h2-5,8-11H,1,7H2,(H,12,13,14)/t2-,3-,4+,5-,6?/m1/s1. The van der Waals surface area contributed by atoms with E-state index in [2.05, 4.69) is 4.74 Å². The maximum Gasteiger partial charge on any atom is 0.323 e. The lowest BCUT2D eigenvalue weighted by atomic mass is 9.98. The molecule has 16 heavy (non-hydrogen) atoms. The lowest BCUT2D eigenvalue weighted by molar-refractivity contribution is -0.274. The van der Waals surface area contributed by atoms with Gasteiger partial charge in [-0.1, -0.05) is 0 Å². The SMILES string of the molecule is N[C@@H]1[C@@H](O)[C@H](O)[C@@H](CO)OC1(O)S(=O)(=O)O. The second kappa shape index (κ2) is 4.16. The van der Waals surface area contributed by atoms with Gasteiger partial charge in [0.05, 0.1) is 6.61 Å². The number of rotatable bonds is 2. The minimum Gasteiger partial charge on any atom is -0.394 e. The highest BCUT2D eigenvalue weighted by Crippen LogP contribution is 2.30. The molecule has 0 spiro atoms. The first-order chi connectivity index (χ1) is 7.15. The van der Waals surface area contributed by atoms with E-state index in [0.717, 1.165) is 0 Å². The number of hydrogen-bond donors (Lipinski definition) is 6. The van der Waals surface area contributed by atoms with Crippen LogP contribution in [-0.4, -0.2) is 69.5 Å². The summed E-state index contributed by atoms with van der Waals surface area (Å²) >= 11 is 0. The molecule has 5 atom stereocenters. The van der Waals surface area contributed by atoms with Gasteiger partial charge in [0, 0.05) is 0 Å². The Labute approximate surface area is 90.8 Å². The van der Waals surface area contributed by atoms with E-state index in [1.807, 2.05) is 0 Å². The molecular formula is C6H13NO8S. The number of nitrogens with two attached hydrogens (primary N) is 1. The van der Waals surface area contributed by atoms with E-state index in [1.54, 1.807) is 0 Å². The van der Waals surface area contributed by atoms with Crippen molar-refractivity contribution in [2.24, 2.45) is 5.73 Å². The molecule has 0 bridgehead atoms. The zero-order valence-electron chi connectivity index (χ0n) is 7.96. The number of ether oxygens (including phenoxy) is 1. The van der Waals surface area contributed by atoms with E-state index in [1.165, 1.54) is 0 Å². The molecule has 0 amide bonds. The smallest absolute Gasteiger partial charge is 0.323 e. The molecule has 0 aromatic heterocycles. The third-order valence-electron chi connectivity index (χ3n) is 2.39. The van der Waals surface area contributed by atoms with Crippen LogP contribution in [-0.2, 0) is 14.9 Å². The molecule has 7 N–H and O–H groups in total. The van der Waals surface area contributed by atoms with Crippen LogP contribution in [0.25, 0.3) is 0 Å². The summed E-state index contributed by atoms with van der Waals surface area (Å²) in [5, 5.41) is 33.6. The van der Waals surface area contributed by atoms with Crippen molar-refractivity contribution in [2.75, 3.05) is 6.61 Å². The molecule has 1 saturated heterocycles. The molecule has 0 aliphatic carbocycles. The van der Waals surface area contributed by atoms with Crippen molar-refractivity contribution in [3.8, 4) is 0 Å². The van der Waals surface area contributed by atoms with Crippen molar-refractivity contribution in [3.05, 3.63) is 0 Å². The van der Waals surface area contributed by atoms with Crippen molar-refractivity contribution in [3.63, 3.8) is 0 Å². The Bertz CT molecular complexity index is 356. The number of aliphatic hydroxyl groups excluding tert-OH is 3. The molecule has 1 rings (SSSR count). The van der Waals surface area contributed by atoms with Crippen LogP contribution < -0.4 is 5.73 Å². The molecule has 0 saturated carbocycles. The van der Waals surface area contributed by atoms with Crippen molar-refractivity contribution in [1.82, 2.24) is 0 Å². The van der Waals surface area contributed by atoms with Gasteiger partial charge in [-0.2, -0.15) is 8.42 Å². The Morgan fingerprint density at radius 3 is 2.19 bits per heavy atom. The highest BCUT2D eigenvalue weighted by atomic mass is 32.2. The monoisotopic (exact) mass is 259 g/mol. The van der Waals surface area contributed by atoms with Crippen LogP contribution in [0, 0.1) is 0 Å². The van der Waals surface area contributed by atoms with Gasteiger partial charge < -0.3 is 30.9 Å². The van der Waals surface area contributed by atoms with E-state index in [9.17, 15) is 23.7 Å². The molecule has 1 unspecified atom stereocenters. The van der Waals surface area contributed by atoms with Crippen molar-refractivity contribution in [2.45, 2.75) is 29.5 Å². The Morgan fingerprint density at radius 1 is 1.31 bits per heavy atom. The largest absolute Gasteiger partial charge is 0.394 e. The molecule has 0 radical (unpaired) electrons. The van der Waals surface area contributed by atoms with Crippen LogP contribution in [0.3, 0.4) is 0 Å². The summed E-state index contributed by atoms with van der Waals surface area (Å²) in [5.74, 6) is 0. The predicted molar refractivity (Wildman–Crippen MR) is 48.4 cm³/mol. The van der Waals surface area contributed by atoms with Gasteiger partial charge in [0.1, 0.15) is 24.4 Å². The summed E-state index contributed by atoms with van der Waals surface area (Å²) in [6.07, 6.45) is -5.14. The lowest BCUT2D eigenvalue weighted by Gasteiger charge is -2.43.